The zero-order valence-corrected chi connectivity index (χ0v) is 16.3. The molecular formula is C20H30N2O2S. The SMILES string of the molecule is CC(C)CC(=O)N1CCC(NC(=O)C(C)SCc2ccccc2)CC1. The summed E-state index contributed by atoms with van der Waals surface area (Å²) in [5.74, 6) is 1.59. The quantitative estimate of drug-likeness (QED) is 0.808. The molecule has 1 saturated heterocycles. The van der Waals surface area contributed by atoms with E-state index in [1.807, 2.05) is 30.0 Å². The summed E-state index contributed by atoms with van der Waals surface area (Å²) in [6.45, 7) is 7.60. The molecule has 1 unspecified atom stereocenters. The van der Waals surface area contributed by atoms with Gasteiger partial charge >= 0.3 is 0 Å². The minimum absolute atomic E-state index is 0.0687. The standard InChI is InChI=1S/C20H30N2O2S/c1-15(2)13-19(23)22-11-9-18(10-12-22)21-20(24)16(3)25-14-17-7-5-4-6-8-17/h4-8,15-16,18H,9-14H2,1-3H3,(H,21,24). The number of piperidine rings is 1. The average molecular weight is 363 g/mol. The third kappa shape index (κ3) is 6.73. The van der Waals surface area contributed by atoms with Crippen LogP contribution >= 0.6 is 11.8 Å². The third-order valence-electron chi connectivity index (χ3n) is 4.49. The third-order valence-corrected chi connectivity index (χ3v) is 5.70. The molecule has 1 heterocycles. The summed E-state index contributed by atoms with van der Waals surface area (Å²) < 4.78 is 0. The van der Waals surface area contributed by atoms with E-state index in [0.29, 0.717) is 12.3 Å². The normalized spacial score (nSPS) is 16.7. The molecule has 1 N–H and O–H groups in total. The van der Waals surface area contributed by atoms with Crippen molar-refractivity contribution in [3.8, 4) is 0 Å². The number of nitrogens with one attached hydrogen (secondary N) is 1. The van der Waals surface area contributed by atoms with Gasteiger partial charge in [-0.25, -0.2) is 0 Å². The largest absolute Gasteiger partial charge is 0.352 e. The smallest absolute Gasteiger partial charge is 0.233 e. The monoisotopic (exact) mass is 362 g/mol. The Morgan fingerprint density at radius 3 is 2.40 bits per heavy atom. The predicted molar refractivity (Wildman–Crippen MR) is 104 cm³/mol. The first-order valence-corrected chi connectivity index (χ1v) is 10.2. The van der Waals surface area contributed by atoms with Crippen molar-refractivity contribution in [2.45, 2.75) is 57.1 Å². The second-order valence-electron chi connectivity index (χ2n) is 7.20. The van der Waals surface area contributed by atoms with Gasteiger partial charge < -0.3 is 10.2 Å². The van der Waals surface area contributed by atoms with Crippen LogP contribution in [0.1, 0.15) is 45.6 Å². The van der Waals surface area contributed by atoms with Crippen molar-refractivity contribution >= 4 is 23.6 Å². The van der Waals surface area contributed by atoms with E-state index < -0.39 is 0 Å². The van der Waals surface area contributed by atoms with Crippen LogP contribution in [0.25, 0.3) is 0 Å². The molecule has 1 aliphatic heterocycles. The van der Waals surface area contributed by atoms with E-state index in [2.05, 4.69) is 31.3 Å². The van der Waals surface area contributed by atoms with E-state index in [-0.39, 0.29) is 23.1 Å². The Labute approximate surface area is 155 Å². The average Bonchev–Trinajstić information content (AvgIpc) is 2.60. The fraction of sp³-hybridized carbons (Fsp3) is 0.600. The van der Waals surface area contributed by atoms with Crippen LogP contribution in [0.5, 0.6) is 0 Å². The molecule has 1 fully saturated rings. The topological polar surface area (TPSA) is 49.4 Å². The Hall–Kier alpha value is -1.49. The van der Waals surface area contributed by atoms with Gasteiger partial charge in [0.25, 0.3) is 0 Å². The van der Waals surface area contributed by atoms with E-state index in [9.17, 15) is 9.59 Å². The van der Waals surface area contributed by atoms with Crippen molar-refractivity contribution in [2.75, 3.05) is 13.1 Å². The summed E-state index contributed by atoms with van der Waals surface area (Å²) >= 11 is 1.66. The number of nitrogens with zero attached hydrogens (tertiary/aromatic N) is 1. The summed E-state index contributed by atoms with van der Waals surface area (Å²) in [6, 6.07) is 10.4. The highest BCUT2D eigenvalue weighted by Crippen LogP contribution is 2.19. The van der Waals surface area contributed by atoms with Crippen molar-refractivity contribution in [1.29, 1.82) is 0 Å². The zero-order chi connectivity index (χ0) is 18.2. The van der Waals surface area contributed by atoms with Crippen LogP contribution in [0.3, 0.4) is 0 Å². The molecule has 5 heteroatoms. The Balaban J connectivity index is 1.70. The fourth-order valence-electron chi connectivity index (χ4n) is 2.94. The van der Waals surface area contributed by atoms with Crippen molar-refractivity contribution in [3.05, 3.63) is 35.9 Å². The molecule has 0 aliphatic carbocycles. The van der Waals surface area contributed by atoms with E-state index in [4.69, 9.17) is 0 Å². The molecule has 0 saturated carbocycles. The van der Waals surface area contributed by atoms with Gasteiger partial charge in [0.1, 0.15) is 0 Å². The molecule has 138 valence electrons. The van der Waals surface area contributed by atoms with E-state index in [1.165, 1.54) is 5.56 Å². The molecule has 0 spiro atoms. The lowest BCUT2D eigenvalue weighted by atomic mass is 10.0. The van der Waals surface area contributed by atoms with Gasteiger partial charge in [0, 0.05) is 31.3 Å². The molecule has 25 heavy (non-hydrogen) atoms. The maximum atomic E-state index is 12.4. The van der Waals surface area contributed by atoms with Gasteiger partial charge in [-0.05, 0) is 31.2 Å². The first-order valence-electron chi connectivity index (χ1n) is 9.19. The summed E-state index contributed by atoms with van der Waals surface area (Å²) in [4.78, 5) is 26.4. The van der Waals surface area contributed by atoms with Crippen molar-refractivity contribution in [2.24, 2.45) is 5.92 Å². The molecule has 2 rings (SSSR count). The number of hydrogen-bond acceptors (Lipinski definition) is 3. The van der Waals surface area contributed by atoms with Gasteiger partial charge in [-0.3, -0.25) is 9.59 Å². The van der Waals surface area contributed by atoms with Crippen LogP contribution in [0.2, 0.25) is 0 Å². The lowest BCUT2D eigenvalue weighted by Gasteiger charge is -2.33. The van der Waals surface area contributed by atoms with Crippen LogP contribution in [-0.2, 0) is 15.3 Å². The summed E-state index contributed by atoms with van der Waals surface area (Å²) in [7, 11) is 0. The lowest BCUT2D eigenvalue weighted by Crippen LogP contribution is -2.48. The number of rotatable bonds is 7. The highest BCUT2D eigenvalue weighted by atomic mass is 32.2. The molecule has 1 aliphatic rings. The van der Waals surface area contributed by atoms with Crippen LogP contribution < -0.4 is 5.32 Å². The van der Waals surface area contributed by atoms with Crippen LogP contribution in [0, 0.1) is 5.92 Å². The molecule has 1 atom stereocenters. The molecule has 2 amide bonds. The zero-order valence-electron chi connectivity index (χ0n) is 15.5. The molecule has 0 bridgehead atoms. The highest BCUT2D eigenvalue weighted by molar-refractivity contribution is 7.99. The number of thioether (sulfide) groups is 1. The number of amides is 2. The minimum Gasteiger partial charge on any atom is -0.352 e. The Kier molecular flexibility index (Phi) is 7.82. The number of likely N-dealkylation sites (tertiary alicyclic amines) is 1. The number of carbonyl (C=O) groups excluding carboxylic acids is 2. The van der Waals surface area contributed by atoms with Crippen LogP contribution in [-0.4, -0.2) is 41.1 Å². The molecular weight excluding hydrogens is 332 g/mol. The van der Waals surface area contributed by atoms with Gasteiger partial charge in [-0.2, -0.15) is 0 Å². The summed E-state index contributed by atoms with van der Waals surface area (Å²) in [5, 5.41) is 3.09. The highest BCUT2D eigenvalue weighted by Gasteiger charge is 2.25. The minimum atomic E-state index is -0.0687. The second-order valence-corrected chi connectivity index (χ2v) is 8.53. The summed E-state index contributed by atoms with van der Waals surface area (Å²) in [5.41, 5.74) is 1.24. The molecule has 0 radical (unpaired) electrons. The Morgan fingerprint density at radius 2 is 1.80 bits per heavy atom. The lowest BCUT2D eigenvalue weighted by molar-refractivity contribution is -0.133. The van der Waals surface area contributed by atoms with Crippen molar-refractivity contribution in [3.63, 3.8) is 0 Å². The Bertz CT molecular complexity index is 554. The molecule has 1 aromatic rings. The first-order chi connectivity index (χ1) is 12.0. The van der Waals surface area contributed by atoms with Gasteiger partial charge in [0.2, 0.25) is 11.8 Å². The first kappa shape index (κ1) is 19.8. The van der Waals surface area contributed by atoms with Gasteiger partial charge in [0.05, 0.1) is 5.25 Å². The van der Waals surface area contributed by atoms with Crippen LogP contribution in [0.15, 0.2) is 30.3 Å². The number of benzene rings is 1. The number of hydrogen-bond donors (Lipinski definition) is 1. The van der Waals surface area contributed by atoms with Crippen LogP contribution in [0.4, 0.5) is 0 Å². The van der Waals surface area contributed by atoms with Crippen molar-refractivity contribution in [1.82, 2.24) is 10.2 Å². The maximum absolute atomic E-state index is 12.4. The van der Waals surface area contributed by atoms with E-state index >= 15 is 0 Å². The maximum Gasteiger partial charge on any atom is 0.233 e. The van der Waals surface area contributed by atoms with E-state index in [0.717, 1.165) is 31.7 Å². The number of carbonyl (C=O) groups is 2. The second kappa shape index (κ2) is 9.85. The fourth-order valence-corrected chi connectivity index (χ4v) is 3.80. The molecule has 4 nitrogen and oxygen atoms in total. The van der Waals surface area contributed by atoms with Crippen molar-refractivity contribution < 1.29 is 9.59 Å². The summed E-state index contributed by atoms with van der Waals surface area (Å²) in [6.07, 6.45) is 2.32. The predicted octanol–water partition coefficient (Wildman–Crippen LogP) is 3.46. The van der Waals surface area contributed by atoms with E-state index in [1.54, 1.807) is 11.8 Å². The Morgan fingerprint density at radius 1 is 1.16 bits per heavy atom. The molecule has 1 aromatic carbocycles. The van der Waals surface area contributed by atoms with Gasteiger partial charge in [-0.1, -0.05) is 44.2 Å². The van der Waals surface area contributed by atoms with Gasteiger partial charge in [0.15, 0.2) is 0 Å². The van der Waals surface area contributed by atoms with Gasteiger partial charge in [-0.15, -0.1) is 11.8 Å². The molecule has 0 aromatic heterocycles.